The lowest BCUT2D eigenvalue weighted by molar-refractivity contribution is 0.110. The van der Waals surface area contributed by atoms with Crippen LogP contribution in [0.2, 0.25) is 0 Å². The van der Waals surface area contributed by atoms with Crippen LogP contribution in [0.1, 0.15) is 32.8 Å². The third-order valence-electron chi connectivity index (χ3n) is 3.96. The Labute approximate surface area is 157 Å². The van der Waals surface area contributed by atoms with E-state index in [0.717, 1.165) is 35.8 Å². The number of nitrogens with one attached hydrogen (secondary N) is 1. The Kier molecular flexibility index (Phi) is 8.84. The average molecular weight is 357 g/mol. The Bertz CT molecular complexity index is 626. The molecule has 0 atom stereocenters. The summed E-state index contributed by atoms with van der Waals surface area (Å²) in [5.74, 6) is 2.47. The van der Waals surface area contributed by atoms with Crippen LogP contribution in [0.4, 0.5) is 5.69 Å². The number of para-hydroxylation sites is 1. The first-order chi connectivity index (χ1) is 12.7. The Morgan fingerprint density at radius 1 is 0.885 bits per heavy atom. The van der Waals surface area contributed by atoms with Gasteiger partial charge in [-0.3, -0.25) is 0 Å². The molecule has 142 valence electrons. The highest BCUT2D eigenvalue weighted by Crippen LogP contribution is 2.21. The zero-order valence-corrected chi connectivity index (χ0v) is 16.2. The van der Waals surface area contributed by atoms with Crippen LogP contribution in [0.3, 0.4) is 0 Å². The first-order valence-corrected chi connectivity index (χ1v) is 9.44. The molecule has 26 heavy (non-hydrogen) atoms. The molecule has 0 fully saturated rings. The molecule has 4 heteroatoms. The number of anilines is 1. The van der Waals surface area contributed by atoms with Crippen LogP contribution in [0, 0.1) is 5.92 Å². The molecular formula is C22H31NO3. The minimum atomic E-state index is 0.563. The second kappa shape index (κ2) is 11.4. The van der Waals surface area contributed by atoms with E-state index in [-0.39, 0.29) is 0 Å². The van der Waals surface area contributed by atoms with Gasteiger partial charge >= 0.3 is 0 Å². The summed E-state index contributed by atoms with van der Waals surface area (Å²) in [6, 6.07) is 16.2. The Morgan fingerprint density at radius 2 is 1.65 bits per heavy atom. The number of benzene rings is 2. The van der Waals surface area contributed by atoms with Crippen LogP contribution in [0.25, 0.3) is 0 Å². The number of rotatable bonds is 12. The maximum Gasteiger partial charge on any atom is 0.124 e. The molecule has 0 spiro atoms. The van der Waals surface area contributed by atoms with Gasteiger partial charge in [0.15, 0.2) is 0 Å². The van der Waals surface area contributed by atoms with Crippen molar-refractivity contribution < 1.29 is 14.2 Å². The average Bonchev–Trinajstić information content (AvgIpc) is 2.65. The highest BCUT2D eigenvalue weighted by atomic mass is 16.5. The zero-order valence-electron chi connectivity index (χ0n) is 16.2. The van der Waals surface area contributed by atoms with Crippen molar-refractivity contribution in [2.24, 2.45) is 5.92 Å². The summed E-state index contributed by atoms with van der Waals surface area (Å²) in [6.45, 7) is 9.74. The van der Waals surface area contributed by atoms with Crippen molar-refractivity contribution in [1.29, 1.82) is 0 Å². The minimum absolute atomic E-state index is 0.563. The van der Waals surface area contributed by atoms with Gasteiger partial charge in [-0.2, -0.15) is 0 Å². The molecule has 0 aromatic heterocycles. The lowest BCUT2D eigenvalue weighted by Crippen LogP contribution is -2.09. The van der Waals surface area contributed by atoms with Crippen molar-refractivity contribution in [3.05, 3.63) is 54.1 Å². The van der Waals surface area contributed by atoms with Gasteiger partial charge in [-0.15, -0.1) is 0 Å². The van der Waals surface area contributed by atoms with Gasteiger partial charge in [0.05, 0.1) is 13.2 Å². The van der Waals surface area contributed by atoms with Gasteiger partial charge in [-0.1, -0.05) is 32.0 Å². The van der Waals surface area contributed by atoms with Gasteiger partial charge in [0, 0.05) is 24.4 Å². The fraction of sp³-hybridized carbons (Fsp3) is 0.455. The molecule has 0 aliphatic rings. The SMILES string of the molecule is CCOCCOc1ccccc1CNc1ccc(OCCC(C)C)cc1. The van der Waals surface area contributed by atoms with Gasteiger partial charge in [0.1, 0.15) is 18.1 Å². The molecule has 1 N–H and O–H groups in total. The second-order valence-corrected chi connectivity index (χ2v) is 6.56. The monoisotopic (exact) mass is 357 g/mol. The normalized spacial score (nSPS) is 10.8. The first-order valence-electron chi connectivity index (χ1n) is 9.44. The molecule has 2 rings (SSSR count). The molecule has 2 aromatic rings. The van der Waals surface area contributed by atoms with Crippen molar-refractivity contribution in [3.63, 3.8) is 0 Å². The van der Waals surface area contributed by atoms with Crippen LogP contribution in [0.15, 0.2) is 48.5 Å². The lowest BCUT2D eigenvalue weighted by Gasteiger charge is -2.13. The van der Waals surface area contributed by atoms with E-state index in [2.05, 4.69) is 25.2 Å². The summed E-state index contributed by atoms with van der Waals surface area (Å²) in [4.78, 5) is 0. The van der Waals surface area contributed by atoms with Gasteiger partial charge in [0.25, 0.3) is 0 Å². The maximum atomic E-state index is 5.83. The number of hydrogen-bond acceptors (Lipinski definition) is 4. The molecule has 0 saturated heterocycles. The van der Waals surface area contributed by atoms with Crippen molar-refractivity contribution in [1.82, 2.24) is 0 Å². The third-order valence-corrected chi connectivity index (χ3v) is 3.96. The Morgan fingerprint density at radius 3 is 2.38 bits per heavy atom. The molecule has 0 unspecified atom stereocenters. The topological polar surface area (TPSA) is 39.7 Å². The zero-order chi connectivity index (χ0) is 18.6. The van der Waals surface area contributed by atoms with Crippen LogP contribution >= 0.6 is 0 Å². The van der Waals surface area contributed by atoms with Crippen molar-refractivity contribution in [3.8, 4) is 11.5 Å². The minimum Gasteiger partial charge on any atom is -0.494 e. The van der Waals surface area contributed by atoms with Crippen LogP contribution in [-0.4, -0.2) is 26.4 Å². The molecule has 4 nitrogen and oxygen atoms in total. The fourth-order valence-electron chi connectivity index (χ4n) is 2.42. The quantitative estimate of drug-likeness (QED) is 0.534. The van der Waals surface area contributed by atoms with E-state index < -0.39 is 0 Å². The molecule has 0 aliphatic heterocycles. The van der Waals surface area contributed by atoms with Crippen molar-refractivity contribution in [2.45, 2.75) is 33.7 Å². The largest absolute Gasteiger partial charge is 0.494 e. The van der Waals surface area contributed by atoms with Crippen LogP contribution in [-0.2, 0) is 11.3 Å². The van der Waals surface area contributed by atoms with E-state index in [1.54, 1.807) is 0 Å². The second-order valence-electron chi connectivity index (χ2n) is 6.56. The number of hydrogen-bond donors (Lipinski definition) is 1. The van der Waals surface area contributed by atoms with Crippen LogP contribution < -0.4 is 14.8 Å². The molecule has 0 bridgehead atoms. The van der Waals surface area contributed by atoms with Gasteiger partial charge in [-0.05, 0) is 49.6 Å². The predicted octanol–water partition coefficient (Wildman–Crippen LogP) is 5.14. The smallest absolute Gasteiger partial charge is 0.124 e. The van der Waals surface area contributed by atoms with Crippen LogP contribution in [0.5, 0.6) is 11.5 Å². The maximum absolute atomic E-state index is 5.83. The summed E-state index contributed by atoms with van der Waals surface area (Å²) in [5, 5.41) is 3.44. The van der Waals surface area contributed by atoms with E-state index >= 15 is 0 Å². The summed E-state index contributed by atoms with van der Waals surface area (Å²) in [7, 11) is 0. The molecule has 0 aliphatic carbocycles. The molecule has 0 amide bonds. The summed E-state index contributed by atoms with van der Waals surface area (Å²) in [6.07, 6.45) is 1.07. The van der Waals surface area contributed by atoms with E-state index in [4.69, 9.17) is 14.2 Å². The Balaban J connectivity index is 1.82. The van der Waals surface area contributed by atoms with Crippen molar-refractivity contribution >= 4 is 5.69 Å². The van der Waals surface area contributed by atoms with E-state index in [9.17, 15) is 0 Å². The molecular weight excluding hydrogens is 326 g/mol. The molecule has 0 saturated carbocycles. The van der Waals surface area contributed by atoms with E-state index in [1.807, 2.05) is 49.4 Å². The van der Waals surface area contributed by atoms with Gasteiger partial charge in [0.2, 0.25) is 0 Å². The summed E-state index contributed by atoms with van der Waals surface area (Å²) >= 11 is 0. The summed E-state index contributed by atoms with van der Waals surface area (Å²) in [5.41, 5.74) is 2.19. The third kappa shape index (κ3) is 7.36. The highest BCUT2D eigenvalue weighted by Gasteiger charge is 2.03. The molecule has 0 radical (unpaired) electrons. The molecule has 2 aromatic carbocycles. The fourth-order valence-corrected chi connectivity index (χ4v) is 2.42. The molecule has 0 heterocycles. The van der Waals surface area contributed by atoms with Gasteiger partial charge < -0.3 is 19.5 Å². The first kappa shape index (κ1) is 20.1. The van der Waals surface area contributed by atoms with Crippen molar-refractivity contribution in [2.75, 3.05) is 31.7 Å². The number of ether oxygens (including phenoxy) is 3. The van der Waals surface area contributed by atoms with Gasteiger partial charge in [-0.25, -0.2) is 0 Å². The Hall–Kier alpha value is -2.20. The lowest BCUT2D eigenvalue weighted by atomic mass is 10.1. The highest BCUT2D eigenvalue weighted by molar-refractivity contribution is 5.47. The summed E-state index contributed by atoms with van der Waals surface area (Å²) < 4.78 is 16.9. The van der Waals surface area contributed by atoms with E-state index in [0.29, 0.717) is 32.3 Å². The standard InChI is InChI=1S/C22H31NO3/c1-4-24-15-16-26-22-8-6-5-7-19(22)17-23-20-9-11-21(12-10-20)25-14-13-18(2)3/h5-12,18,23H,4,13-17H2,1-3H3. The predicted molar refractivity (Wildman–Crippen MR) is 107 cm³/mol. The van der Waals surface area contributed by atoms with E-state index in [1.165, 1.54) is 0 Å².